The molecule has 6 heteroatoms. The van der Waals surface area contributed by atoms with E-state index < -0.39 is 5.56 Å². The Kier molecular flexibility index (Phi) is 5.02. The van der Waals surface area contributed by atoms with Crippen LogP contribution in [0.3, 0.4) is 0 Å². The zero-order valence-electron chi connectivity index (χ0n) is 9.67. The van der Waals surface area contributed by atoms with E-state index in [4.69, 9.17) is 23.2 Å². The van der Waals surface area contributed by atoms with E-state index in [1.54, 1.807) is 0 Å². The Balaban J connectivity index is 2.75. The summed E-state index contributed by atoms with van der Waals surface area (Å²) in [6.45, 7) is 4.47. The first-order chi connectivity index (χ1) is 7.90. The lowest BCUT2D eigenvalue weighted by atomic mass is 10.2. The van der Waals surface area contributed by atoms with Gasteiger partial charge in [-0.05, 0) is 12.0 Å². The molecule has 0 aliphatic heterocycles. The van der Waals surface area contributed by atoms with Crippen molar-refractivity contribution in [2.24, 2.45) is 5.92 Å². The van der Waals surface area contributed by atoms with Crippen molar-refractivity contribution < 1.29 is 4.79 Å². The lowest BCUT2D eigenvalue weighted by Crippen LogP contribution is -2.34. The normalized spacial score (nSPS) is 10.6. The van der Waals surface area contributed by atoms with Crippen molar-refractivity contribution >= 4 is 29.1 Å². The highest BCUT2D eigenvalue weighted by atomic mass is 35.5. The number of halogens is 2. The van der Waals surface area contributed by atoms with E-state index in [1.807, 2.05) is 13.8 Å². The summed E-state index contributed by atoms with van der Waals surface area (Å²) in [5.74, 6) is 0.123. The summed E-state index contributed by atoms with van der Waals surface area (Å²) in [5.41, 5.74) is -0.421. The first kappa shape index (κ1) is 14.1. The number of carbonyl (C=O) groups is 1. The number of aromatic nitrogens is 1. The van der Waals surface area contributed by atoms with Crippen molar-refractivity contribution in [2.75, 3.05) is 6.54 Å². The predicted octanol–water partition coefficient (Wildman–Crippen LogP) is 1.93. The molecule has 0 aromatic carbocycles. The minimum Gasteiger partial charge on any atom is -0.354 e. The van der Waals surface area contributed by atoms with E-state index in [-0.39, 0.29) is 17.5 Å². The zero-order chi connectivity index (χ0) is 13.0. The quantitative estimate of drug-likeness (QED) is 0.914. The number of nitrogens with zero attached hydrogens (tertiary/aromatic N) is 1. The number of hydrogen-bond donors (Lipinski definition) is 1. The maximum atomic E-state index is 11.6. The van der Waals surface area contributed by atoms with Crippen molar-refractivity contribution in [1.29, 1.82) is 0 Å². The molecular weight excluding hydrogens is 263 g/mol. The third-order valence-corrected chi connectivity index (χ3v) is 2.51. The van der Waals surface area contributed by atoms with Gasteiger partial charge in [0.05, 0.1) is 5.02 Å². The van der Waals surface area contributed by atoms with Crippen LogP contribution in [0.1, 0.15) is 13.8 Å². The molecule has 1 rings (SSSR count). The molecule has 1 aromatic heterocycles. The van der Waals surface area contributed by atoms with E-state index in [9.17, 15) is 9.59 Å². The summed E-state index contributed by atoms with van der Waals surface area (Å²) in [4.78, 5) is 23.1. The van der Waals surface area contributed by atoms with Crippen molar-refractivity contribution in [3.63, 3.8) is 0 Å². The van der Waals surface area contributed by atoms with Crippen LogP contribution in [0.25, 0.3) is 0 Å². The Bertz CT molecular complexity index is 469. The second-order valence-electron chi connectivity index (χ2n) is 4.14. The van der Waals surface area contributed by atoms with Crippen LogP contribution in [-0.2, 0) is 11.3 Å². The summed E-state index contributed by atoms with van der Waals surface area (Å²) in [5, 5.41) is 3.05. The van der Waals surface area contributed by atoms with Gasteiger partial charge in [-0.15, -0.1) is 0 Å². The molecular formula is C11H14Cl2N2O2. The second-order valence-corrected chi connectivity index (χ2v) is 4.98. The molecule has 0 radical (unpaired) electrons. The van der Waals surface area contributed by atoms with Crippen molar-refractivity contribution in [2.45, 2.75) is 20.4 Å². The van der Waals surface area contributed by atoms with Crippen LogP contribution in [0.2, 0.25) is 10.0 Å². The fourth-order valence-corrected chi connectivity index (χ4v) is 1.72. The molecule has 4 nitrogen and oxygen atoms in total. The van der Waals surface area contributed by atoms with Crippen LogP contribution in [0.15, 0.2) is 17.1 Å². The molecule has 1 heterocycles. The van der Waals surface area contributed by atoms with Gasteiger partial charge in [0, 0.05) is 12.7 Å². The summed E-state index contributed by atoms with van der Waals surface area (Å²) < 4.78 is 1.19. The molecule has 1 amide bonds. The monoisotopic (exact) mass is 276 g/mol. The van der Waals surface area contributed by atoms with Gasteiger partial charge in [-0.3, -0.25) is 9.59 Å². The molecule has 0 atom stereocenters. The van der Waals surface area contributed by atoms with Gasteiger partial charge in [-0.1, -0.05) is 37.0 Å². The highest BCUT2D eigenvalue weighted by Crippen LogP contribution is 2.10. The molecule has 94 valence electrons. The van der Waals surface area contributed by atoms with Gasteiger partial charge in [0.2, 0.25) is 5.91 Å². The molecule has 17 heavy (non-hydrogen) atoms. The zero-order valence-corrected chi connectivity index (χ0v) is 11.2. The van der Waals surface area contributed by atoms with Crippen molar-refractivity contribution in [3.8, 4) is 0 Å². The van der Waals surface area contributed by atoms with Gasteiger partial charge in [-0.25, -0.2) is 0 Å². The van der Waals surface area contributed by atoms with Crippen LogP contribution in [0, 0.1) is 5.92 Å². The fraction of sp³-hybridized carbons (Fsp3) is 0.455. The molecule has 1 N–H and O–H groups in total. The van der Waals surface area contributed by atoms with Crippen molar-refractivity contribution in [3.05, 3.63) is 32.7 Å². The standard InChI is InChI=1S/C11H14Cl2N2O2/c1-7(2)4-14-10(16)6-15-5-8(12)3-9(13)11(15)17/h3,5,7H,4,6H2,1-2H3,(H,14,16). The lowest BCUT2D eigenvalue weighted by molar-refractivity contribution is -0.121. The number of hydrogen-bond acceptors (Lipinski definition) is 2. The second kappa shape index (κ2) is 6.07. The van der Waals surface area contributed by atoms with E-state index in [1.165, 1.54) is 16.8 Å². The minimum atomic E-state index is -0.421. The molecule has 0 saturated heterocycles. The average molecular weight is 277 g/mol. The van der Waals surface area contributed by atoms with Crippen LogP contribution in [0.4, 0.5) is 0 Å². The Hall–Kier alpha value is -1.00. The number of carbonyl (C=O) groups excluding carboxylic acids is 1. The third-order valence-electron chi connectivity index (χ3n) is 2.03. The van der Waals surface area contributed by atoms with Gasteiger partial charge in [0.15, 0.2) is 0 Å². The molecule has 0 saturated carbocycles. The molecule has 0 spiro atoms. The Morgan fingerprint density at radius 2 is 2.12 bits per heavy atom. The van der Waals surface area contributed by atoms with Crippen LogP contribution in [0.5, 0.6) is 0 Å². The molecule has 1 aromatic rings. The van der Waals surface area contributed by atoms with Gasteiger partial charge >= 0.3 is 0 Å². The van der Waals surface area contributed by atoms with Crippen LogP contribution >= 0.6 is 23.2 Å². The first-order valence-electron chi connectivity index (χ1n) is 5.22. The first-order valence-corrected chi connectivity index (χ1v) is 5.98. The van der Waals surface area contributed by atoms with E-state index in [0.29, 0.717) is 17.5 Å². The van der Waals surface area contributed by atoms with Gasteiger partial charge in [0.25, 0.3) is 5.56 Å². The maximum Gasteiger partial charge on any atom is 0.269 e. The molecule has 0 bridgehead atoms. The average Bonchev–Trinajstić information content (AvgIpc) is 2.22. The highest BCUT2D eigenvalue weighted by Gasteiger charge is 2.08. The van der Waals surface area contributed by atoms with E-state index in [2.05, 4.69) is 5.32 Å². The maximum absolute atomic E-state index is 11.6. The summed E-state index contributed by atoms with van der Waals surface area (Å²) in [6.07, 6.45) is 1.39. The molecule has 0 aliphatic carbocycles. The number of rotatable bonds is 4. The third kappa shape index (κ3) is 4.40. The summed E-state index contributed by atoms with van der Waals surface area (Å²) in [6, 6.07) is 1.36. The number of pyridine rings is 1. The molecule has 0 fully saturated rings. The highest BCUT2D eigenvalue weighted by molar-refractivity contribution is 6.34. The smallest absolute Gasteiger partial charge is 0.269 e. The Morgan fingerprint density at radius 1 is 1.47 bits per heavy atom. The Morgan fingerprint density at radius 3 is 2.71 bits per heavy atom. The lowest BCUT2D eigenvalue weighted by Gasteiger charge is -2.09. The predicted molar refractivity (Wildman–Crippen MR) is 68.6 cm³/mol. The Labute approximate surface area is 110 Å². The fourth-order valence-electron chi connectivity index (χ4n) is 1.21. The summed E-state index contributed by atoms with van der Waals surface area (Å²) in [7, 11) is 0. The number of amides is 1. The molecule has 0 unspecified atom stereocenters. The number of nitrogens with one attached hydrogen (secondary N) is 1. The summed E-state index contributed by atoms with van der Waals surface area (Å²) >= 11 is 11.4. The van der Waals surface area contributed by atoms with Gasteiger partial charge in [-0.2, -0.15) is 0 Å². The van der Waals surface area contributed by atoms with Gasteiger partial charge < -0.3 is 9.88 Å². The largest absolute Gasteiger partial charge is 0.354 e. The minimum absolute atomic E-state index is 0.00848. The van der Waals surface area contributed by atoms with Crippen LogP contribution in [-0.4, -0.2) is 17.0 Å². The van der Waals surface area contributed by atoms with Gasteiger partial charge in [0.1, 0.15) is 11.6 Å². The topological polar surface area (TPSA) is 51.1 Å². The van der Waals surface area contributed by atoms with E-state index in [0.717, 1.165) is 0 Å². The van der Waals surface area contributed by atoms with Crippen LogP contribution < -0.4 is 10.9 Å². The SMILES string of the molecule is CC(C)CNC(=O)Cn1cc(Cl)cc(Cl)c1=O. The molecule has 0 aliphatic rings. The van der Waals surface area contributed by atoms with E-state index >= 15 is 0 Å². The van der Waals surface area contributed by atoms with Crippen molar-refractivity contribution in [1.82, 2.24) is 9.88 Å².